The summed E-state index contributed by atoms with van der Waals surface area (Å²) in [5.74, 6) is 0. The summed E-state index contributed by atoms with van der Waals surface area (Å²) in [7, 11) is 0. The third-order valence-corrected chi connectivity index (χ3v) is 3.87. The van der Waals surface area contributed by atoms with Crippen LogP contribution in [-0.2, 0) is 6.42 Å². The van der Waals surface area contributed by atoms with Gasteiger partial charge in [-0.05, 0) is 39.3 Å². The number of hydrogen-bond acceptors (Lipinski definition) is 3. The molecule has 2 rings (SSSR count). The molecule has 18 heavy (non-hydrogen) atoms. The van der Waals surface area contributed by atoms with E-state index in [2.05, 4.69) is 28.9 Å². The molecule has 1 saturated heterocycles. The fraction of sp³-hybridized carbons (Fsp3) is 0.692. The molecule has 1 atom stereocenters. The first kappa shape index (κ1) is 13.6. The van der Waals surface area contributed by atoms with E-state index in [4.69, 9.17) is 11.6 Å². The third-order valence-electron chi connectivity index (χ3n) is 3.59. The number of nitrogens with one attached hydrogen (secondary N) is 1. The van der Waals surface area contributed by atoms with Gasteiger partial charge in [-0.25, -0.2) is 5.10 Å². The maximum atomic E-state index is 11.2. The first-order valence-electron chi connectivity index (χ1n) is 6.58. The van der Waals surface area contributed by atoms with Crippen molar-refractivity contribution in [3.63, 3.8) is 0 Å². The highest BCUT2D eigenvalue weighted by atomic mass is 35.5. The van der Waals surface area contributed by atoms with E-state index in [1.54, 1.807) is 6.07 Å². The monoisotopic (exact) mass is 269 g/mol. The van der Waals surface area contributed by atoms with Gasteiger partial charge in [0.25, 0.3) is 5.56 Å². The first-order valence-corrected chi connectivity index (χ1v) is 6.95. The molecular weight excluding hydrogens is 250 g/mol. The summed E-state index contributed by atoms with van der Waals surface area (Å²) in [4.78, 5) is 13.7. The maximum absolute atomic E-state index is 11.2. The Morgan fingerprint density at radius 2 is 2.33 bits per heavy atom. The van der Waals surface area contributed by atoms with Gasteiger partial charge in [-0.3, -0.25) is 9.69 Å². The van der Waals surface area contributed by atoms with E-state index in [1.165, 1.54) is 19.3 Å². The van der Waals surface area contributed by atoms with Crippen LogP contribution >= 0.6 is 11.6 Å². The lowest BCUT2D eigenvalue weighted by Crippen LogP contribution is -2.45. The number of nitrogens with zero attached hydrogens (tertiary/aromatic N) is 2. The first-order chi connectivity index (χ1) is 8.58. The number of H-pyrrole nitrogens is 1. The zero-order valence-electron chi connectivity index (χ0n) is 10.9. The van der Waals surface area contributed by atoms with E-state index in [1.807, 2.05) is 0 Å². The SMILES string of the molecule is CC(C)N1CCCCC1Cc1cc(Cl)c(=O)[nH]n1. The minimum atomic E-state index is -0.315. The van der Waals surface area contributed by atoms with Gasteiger partial charge < -0.3 is 0 Å². The van der Waals surface area contributed by atoms with Crippen molar-refractivity contribution in [1.29, 1.82) is 0 Å². The summed E-state index contributed by atoms with van der Waals surface area (Å²) >= 11 is 5.83. The average Bonchev–Trinajstić information content (AvgIpc) is 2.34. The minimum Gasteiger partial charge on any atom is -0.298 e. The van der Waals surface area contributed by atoms with Gasteiger partial charge in [0.1, 0.15) is 5.02 Å². The molecule has 2 heterocycles. The highest BCUT2D eigenvalue weighted by Crippen LogP contribution is 2.22. The summed E-state index contributed by atoms with van der Waals surface area (Å²) in [5.41, 5.74) is 0.557. The molecule has 4 nitrogen and oxygen atoms in total. The minimum absolute atomic E-state index is 0.229. The third kappa shape index (κ3) is 3.12. The molecule has 1 aliphatic rings. The van der Waals surface area contributed by atoms with Crippen molar-refractivity contribution < 1.29 is 0 Å². The summed E-state index contributed by atoms with van der Waals surface area (Å²) in [6.07, 6.45) is 4.59. The Morgan fingerprint density at radius 1 is 1.56 bits per heavy atom. The zero-order valence-corrected chi connectivity index (χ0v) is 11.7. The molecule has 1 aliphatic heterocycles. The summed E-state index contributed by atoms with van der Waals surface area (Å²) in [6.45, 7) is 5.61. The van der Waals surface area contributed by atoms with Crippen molar-refractivity contribution in [2.45, 2.75) is 51.6 Å². The van der Waals surface area contributed by atoms with Gasteiger partial charge >= 0.3 is 0 Å². The molecule has 1 aromatic heterocycles. The number of hydrogen-bond donors (Lipinski definition) is 1. The van der Waals surface area contributed by atoms with Crippen LogP contribution in [0.5, 0.6) is 0 Å². The second-order valence-corrected chi connectivity index (χ2v) is 5.63. The fourth-order valence-electron chi connectivity index (χ4n) is 2.69. The van der Waals surface area contributed by atoms with Crippen molar-refractivity contribution >= 4 is 11.6 Å². The number of likely N-dealkylation sites (tertiary alicyclic amines) is 1. The Kier molecular flexibility index (Phi) is 4.40. The predicted octanol–water partition coefficient (Wildman–Crippen LogP) is 2.23. The van der Waals surface area contributed by atoms with Crippen LogP contribution < -0.4 is 5.56 Å². The largest absolute Gasteiger partial charge is 0.298 e. The van der Waals surface area contributed by atoms with E-state index >= 15 is 0 Å². The van der Waals surface area contributed by atoms with Crippen LogP contribution in [0.2, 0.25) is 5.02 Å². The molecule has 0 spiro atoms. The average molecular weight is 270 g/mol. The molecule has 1 aromatic rings. The Balaban J connectivity index is 2.10. The van der Waals surface area contributed by atoms with Gasteiger partial charge in [0, 0.05) is 18.5 Å². The van der Waals surface area contributed by atoms with Crippen molar-refractivity contribution in [3.05, 3.63) is 27.1 Å². The smallest absolute Gasteiger partial charge is 0.282 e. The Hall–Kier alpha value is -0.870. The summed E-state index contributed by atoms with van der Waals surface area (Å²) in [6, 6.07) is 2.75. The van der Waals surface area contributed by atoms with Crippen molar-refractivity contribution in [2.75, 3.05) is 6.54 Å². The van der Waals surface area contributed by atoms with Crippen molar-refractivity contribution in [2.24, 2.45) is 0 Å². The number of halogens is 1. The van der Waals surface area contributed by atoms with Crippen LogP contribution in [0.4, 0.5) is 0 Å². The Labute approximate surface area is 112 Å². The summed E-state index contributed by atoms with van der Waals surface area (Å²) < 4.78 is 0. The Morgan fingerprint density at radius 3 is 3.00 bits per heavy atom. The number of aromatic nitrogens is 2. The highest BCUT2D eigenvalue weighted by Gasteiger charge is 2.25. The molecule has 0 amide bonds. The molecule has 1 fully saturated rings. The quantitative estimate of drug-likeness (QED) is 0.915. The maximum Gasteiger partial charge on any atom is 0.282 e. The Bertz CT molecular complexity index is 458. The lowest BCUT2D eigenvalue weighted by molar-refractivity contribution is 0.111. The molecule has 0 aliphatic carbocycles. The predicted molar refractivity (Wildman–Crippen MR) is 73.1 cm³/mol. The van der Waals surface area contributed by atoms with Crippen molar-refractivity contribution in [3.8, 4) is 0 Å². The molecule has 5 heteroatoms. The summed E-state index contributed by atoms with van der Waals surface area (Å²) in [5, 5.41) is 6.75. The molecule has 100 valence electrons. The van der Waals surface area contributed by atoms with E-state index in [0.717, 1.165) is 18.7 Å². The van der Waals surface area contributed by atoms with Crippen LogP contribution in [0.15, 0.2) is 10.9 Å². The topological polar surface area (TPSA) is 49.0 Å². The molecule has 0 radical (unpaired) electrons. The lowest BCUT2D eigenvalue weighted by atomic mass is 9.96. The molecule has 0 aromatic carbocycles. The van der Waals surface area contributed by atoms with Gasteiger partial charge in [0.2, 0.25) is 0 Å². The zero-order chi connectivity index (χ0) is 13.1. The van der Waals surface area contributed by atoms with Crippen LogP contribution in [0.25, 0.3) is 0 Å². The highest BCUT2D eigenvalue weighted by molar-refractivity contribution is 6.30. The molecule has 0 bridgehead atoms. The molecule has 1 N–H and O–H groups in total. The second-order valence-electron chi connectivity index (χ2n) is 5.22. The number of piperidine rings is 1. The normalized spacial score (nSPS) is 21.4. The molecular formula is C13H20ClN3O. The second kappa shape index (κ2) is 5.85. The van der Waals surface area contributed by atoms with E-state index in [9.17, 15) is 4.79 Å². The number of rotatable bonds is 3. The van der Waals surface area contributed by atoms with E-state index < -0.39 is 0 Å². The van der Waals surface area contributed by atoms with Gasteiger partial charge in [0.05, 0.1) is 5.69 Å². The van der Waals surface area contributed by atoms with E-state index in [-0.39, 0.29) is 10.6 Å². The van der Waals surface area contributed by atoms with Crippen molar-refractivity contribution in [1.82, 2.24) is 15.1 Å². The van der Waals surface area contributed by atoms with Crippen LogP contribution in [-0.4, -0.2) is 33.7 Å². The lowest BCUT2D eigenvalue weighted by Gasteiger charge is -2.38. The molecule has 1 unspecified atom stereocenters. The molecule has 0 saturated carbocycles. The standard InChI is InChI=1S/C13H20ClN3O/c1-9(2)17-6-4-3-5-11(17)7-10-8-12(14)13(18)16-15-10/h8-9,11H,3-7H2,1-2H3,(H,16,18). The van der Waals surface area contributed by atoms with Crippen LogP contribution in [0.3, 0.4) is 0 Å². The van der Waals surface area contributed by atoms with Gasteiger partial charge in [-0.15, -0.1) is 0 Å². The van der Waals surface area contributed by atoms with Gasteiger partial charge in [0.15, 0.2) is 0 Å². The fourth-order valence-corrected chi connectivity index (χ4v) is 2.86. The number of aromatic amines is 1. The van der Waals surface area contributed by atoms with Gasteiger partial charge in [-0.2, -0.15) is 5.10 Å². The van der Waals surface area contributed by atoms with Gasteiger partial charge in [-0.1, -0.05) is 18.0 Å². The van der Waals surface area contributed by atoms with E-state index in [0.29, 0.717) is 12.1 Å². The van der Waals surface area contributed by atoms with Crippen LogP contribution in [0.1, 0.15) is 38.8 Å². The van der Waals surface area contributed by atoms with Crippen LogP contribution in [0, 0.1) is 0 Å².